The highest BCUT2D eigenvalue weighted by atomic mass is 16.5. The molecular weight excluding hydrogens is 546 g/mol. The zero-order valence-electron chi connectivity index (χ0n) is 25.1. The zero-order valence-corrected chi connectivity index (χ0v) is 25.1. The number of amides is 3. The Bertz CT molecular complexity index is 1460. The number of anilines is 2. The molecule has 0 bridgehead atoms. The molecule has 226 valence electrons. The summed E-state index contributed by atoms with van der Waals surface area (Å²) < 4.78 is 12.3. The van der Waals surface area contributed by atoms with Gasteiger partial charge in [0.05, 0.1) is 37.2 Å². The zero-order chi connectivity index (χ0) is 30.5. The summed E-state index contributed by atoms with van der Waals surface area (Å²) in [4.78, 5) is 48.5. The molecule has 4 aliphatic rings. The topological polar surface area (TPSA) is 99.6 Å². The number of aliphatic hydroxyl groups is 1. The summed E-state index contributed by atoms with van der Waals surface area (Å²) in [6.07, 6.45) is 7.24. The molecule has 2 saturated heterocycles. The second-order valence-corrected chi connectivity index (χ2v) is 11.7. The maximum atomic E-state index is 14.7. The number of hydrogen-bond donors (Lipinski definition) is 1. The molecule has 1 N–H and O–H groups in total. The van der Waals surface area contributed by atoms with E-state index in [1.54, 1.807) is 9.80 Å². The molecule has 6 atom stereocenters. The molecule has 43 heavy (non-hydrogen) atoms. The first-order valence-corrected chi connectivity index (χ1v) is 15.1. The highest BCUT2D eigenvalue weighted by Crippen LogP contribution is 2.54. The Labute approximate surface area is 252 Å². The van der Waals surface area contributed by atoms with Crippen LogP contribution in [-0.2, 0) is 19.1 Å². The Morgan fingerprint density at radius 3 is 2.30 bits per heavy atom. The lowest BCUT2D eigenvalue weighted by Gasteiger charge is -2.38. The Hall–Kier alpha value is -3.95. The minimum atomic E-state index is -1.36. The number of aliphatic hydroxyl groups excluding tert-OH is 1. The van der Waals surface area contributed by atoms with Crippen LogP contribution in [0.5, 0.6) is 5.75 Å². The highest BCUT2D eigenvalue weighted by Gasteiger charge is 2.72. The molecule has 6 rings (SSSR count). The van der Waals surface area contributed by atoms with Crippen LogP contribution in [0.3, 0.4) is 0 Å². The predicted molar refractivity (Wildman–Crippen MR) is 163 cm³/mol. The van der Waals surface area contributed by atoms with Crippen molar-refractivity contribution in [3.05, 3.63) is 77.9 Å². The van der Waals surface area contributed by atoms with Crippen molar-refractivity contribution in [2.45, 2.75) is 57.9 Å². The number of fused-ring (bicyclic) bond motifs is 2. The maximum absolute atomic E-state index is 14.7. The monoisotopic (exact) mass is 585 g/mol. The van der Waals surface area contributed by atoms with Gasteiger partial charge in [0, 0.05) is 24.5 Å². The van der Waals surface area contributed by atoms with Crippen molar-refractivity contribution >= 4 is 29.1 Å². The van der Waals surface area contributed by atoms with E-state index in [1.807, 2.05) is 94.5 Å². The number of para-hydroxylation sites is 1. The van der Waals surface area contributed by atoms with Crippen LogP contribution in [0.1, 0.15) is 31.4 Å². The van der Waals surface area contributed by atoms with Gasteiger partial charge in [-0.3, -0.25) is 14.4 Å². The number of carbonyl (C=O) groups excluding carboxylic acids is 3. The van der Waals surface area contributed by atoms with E-state index >= 15 is 0 Å². The summed E-state index contributed by atoms with van der Waals surface area (Å²) in [7, 11) is 0. The van der Waals surface area contributed by atoms with E-state index in [1.165, 1.54) is 4.90 Å². The van der Waals surface area contributed by atoms with E-state index in [9.17, 15) is 19.5 Å². The molecule has 1 spiro atoms. The fourth-order valence-electron chi connectivity index (χ4n) is 7.44. The number of aryl methyl sites for hydroxylation is 2. The quantitative estimate of drug-likeness (QED) is 0.499. The smallest absolute Gasteiger partial charge is 0.253 e. The van der Waals surface area contributed by atoms with Gasteiger partial charge in [-0.25, -0.2) is 0 Å². The lowest BCUT2D eigenvalue weighted by atomic mass is 9.77. The number of benzene rings is 2. The van der Waals surface area contributed by atoms with Crippen molar-refractivity contribution in [1.82, 2.24) is 4.90 Å². The fourth-order valence-corrected chi connectivity index (χ4v) is 7.44. The molecule has 1 unspecified atom stereocenters. The maximum Gasteiger partial charge on any atom is 0.253 e. The summed E-state index contributed by atoms with van der Waals surface area (Å²) in [5.41, 5.74) is 2.02. The Morgan fingerprint density at radius 2 is 1.65 bits per heavy atom. The van der Waals surface area contributed by atoms with E-state index in [0.717, 1.165) is 16.8 Å². The lowest BCUT2D eigenvalue weighted by molar-refractivity contribution is -0.144. The molecule has 2 fully saturated rings. The Kier molecular flexibility index (Phi) is 7.64. The largest absolute Gasteiger partial charge is 0.494 e. The Morgan fingerprint density at radius 1 is 0.953 bits per heavy atom. The van der Waals surface area contributed by atoms with E-state index in [0.29, 0.717) is 37.6 Å². The average molecular weight is 586 g/mol. The first kappa shape index (κ1) is 29.1. The number of nitrogens with zero attached hydrogens (tertiary/aromatic N) is 3. The van der Waals surface area contributed by atoms with Crippen LogP contribution in [0.15, 0.2) is 66.8 Å². The molecule has 0 aromatic heterocycles. The second kappa shape index (κ2) is 11.3. The molecule has 3 amide bonds. The number of likely N-dealkylation sites (tertiary alicyclic amines) is 1. The summed E-state index contributed by atoms with van der Waals surface area (Å²) in [5, 5.41) is 10.4. The van der Waals surface area contributed by atoms with E-state index in [2.05, 4.69) is 0 Å². The number of rotatable bonds is 7. The minimum Gasteiger partial charge on any atom is -0.494 e. The Balaban J connectivity index is 1.44. The molecule has 0 saturated carbocycles. The average Bonchev–Trinajstić information content (AvgIpc) is 3.31. The first-order chi connectivity index (χ1) is 20.8. The molecule has 0 radical (unpaired) electrons. The molecule has 9 nitrogen and oxygen atoms in total. The van der Waals surface area contributed by atoms with Gasteiger partial charge in [0.15, 0.2) is 0 Å². The van der Waals surface area contributed by atoms with Crippen LogP contribution >= 0.6 is 0 Å². The normalized spacial score (nSPS) is 28.9. The molecule has 9 heteroatoms. The van der Waals surface area contributed by atoms with E-state index < -0.39 is 35.6 Å². The predicted octanol–water partition coefficient (Wildman–Crippen LogP) is 3.56. The van der Waals surface area contributed by atoms with Crippen LogP contribution in [0.25, 0.3) is 0 Å². The van der Waals surface area contributed by atoms with Crippen molar-refractivity contribution < 1.29 is 29.0 Å². The molecule has 2 aromatic rings. The summed E-state index contributed by atoms with van der Waals surface area (Å²) >= 11 is 0. The van der Waals surface area contributed by atoms with Crippen LogP contribution in [0, 0.1) is 25.7 Å². The highest BCUT2D eigenvalue weighted by molar-refractivity contribution is 6.08. The van der Waals surface area contributed by atoms with Gasteiger partial charge in [-0.15, -0.1) is 0 Å². The molecule has 4 aliphatic heterocycles. The fraction of sp³-hybridized carbons (Fsp3) is 0.441. The van der Waals surface area contributed by atoms with Crippen molar-refractivity contribution in [3.63, 3.8) is 0 Å². The van der Waals surface area contributed by atoms with Gasteiger partial charge in [-0.1, -0.05) is 49.4 Å². The van der Waals surface area contributed by atoms with Gasteiger partial charge >= 0.3 is 0 Å². The minimum absolute atomic E-state index is 0.233. The van der Waals surface area contributed by atoms with Crippen molar-refractivity contribution in [1.29, 1.82) is 0 Å². The second-order valence-electron chi connectivity index (χ2n) is 11.7. The molecule has 0 aliphatic carbocycles. The summed E-state index contributed by atoms with van der Waals surface area (Å²) in [6, 6.07) is 11.6. The lowest BCUT2D eigenvalue weighted by Crippen LogP contribution is -2.58. The number of carbonyl (C=O) groups is 3. The standard InChI is InChI=1S/C34H39N3O6/c1-5-23(20-38)37-30-33(41)36(29-21(3)10-7-11-22(29)4)19-9-17-34(30)28(32(37)40)27-26(43-34)12-8-18-35(31(27)39)24-13-15-25(16-14-24)42-6-2/h7-17,23,26-28,30,38H,5-6,18-20H2,1-4H3/t23-,26-,27+,28-,30?,34-/m0/s1. The van der Waals surface area contributed by atoms with Crippen molar-refractivity contribution in [2.24, 2.45) is 11.8 Å². The third-order valence-electron chi connectivity index (χ3n) is 9.34. The summed E-state index contributed by atoms with van der Waals surface area (Å²) in [5.74, 6) is -1.91. The third-order valence-corrected chi connectivity index (χ3v) is 9.34. The number of hydrogen-bond acceptors (Lipinski definition) is 6. The van der Waals surface area contributed by atoms with Crippen LogP contribution in [-0.4, -0.2) is 77.8 Å². The number of ether oxygens (including phenoxy) is 2. The van der Waals surface area contributed by atoms with Crippen LogP contribution < -0.4 is 14.5 Å². The van der Waals surface area contributed by atoms with Crippen LogP contribution in [0.4, 0.5) is 11.4 Å². The van der Waals surface area contributed by atoms with Crippen molar-refractivity contribution in [2.75, 3.05) is 36.1 Å². The first-order valence-electron chi connectivity index (χ1n) is 15.1. The SMILES string of the molecule is CCOc1ccc(N2CC=C[C@@H]3O[C@]45C=CCN(c6c(C)cccc6C)C(=O)C4N([C@@H](CC)CO)C(=O)[C@@H]5[C@@H]3C2=O)cc1. The van der Waals surface area contributed by atoms with E-state index in [4.69, 9.17) is 9.47 Å². The molecular formula is C34H39N3O6. The van der Waals surface area contributed by atoms with Crippen molar-refractivity contribution in [3.8, 4) is 5.75 Å². The van der Waals surface area contributed by atoms with Gasteiger partial charge in [0.1, 0.15) is 17.4 Å². The molecule has 4 heterocycles. The van der Waals surface area contributed by atoms with Gasteiger partial charge < -0.3 is 29.3 Å². The van der Waals surface area contributed by atoms with E-state index in [-0.39, 0.29) is 24.3 Å². The van der Waals surface area contributed by atoms with Crippen LogP contribution in [0.2, 0.25) is 0 Å². The third kappa shape index (κ3) is 4.48. The molecule has 2 aromatic carbocycles. The van der Waals surface area contributed by atoms with Gasteiger partial charge in [0.2, 0.25) is 11.8 Å². The van der Waals surface area contributed by atoms with Gasteiger partial charge in [0.25, 0.3) is 5.91 Å². The van der Waals surface area contributed by atoms with Gasteiger partial charge in [-0.05, 0) is 62.6 Å². The van der Waals surface area contributed by atoms with Gasteiger partial charge in [-0.2, -0.15) is 0 Å². The summed E-state index contributed by atoms with van der Waals surface area (Å²) in [6.45, 7) is 8.58.